The molecule has 8 heteroatoms. The maximum Gasteiger partial charge on any atom is 0.389 e. The Balaban J connectivity index is 2.20. The van der Waals surface area contributed by atoms with Crippen molar-refractivity contribution < 1.29 is 22.7 Å². The zero-order valence-electron chi connectivity index (χ0n) is 11.2. The lowest BCUT2D eigenvalue weighted by Gasteiger charge is -2.09. The number of carbonyl (C=O) groups excluding carboxylic acids is 1. The van der Waals surface area contributed by atoms with E-state index in [0.29, 0.717) is 16.4 Å². The highest BCUT2D eigenvalue weighted by molar-refractivity contribution is 6.31. The van der Waals surface area contributed by atoms with E-state index in [1.54, 1.807) is 12.1 Å². The van der Waals surface area contributed by atoms with Crippen LogP contribution in [0.4, 0.5) is 24.5 Å². The predicted molar refractivity (Wildman–Crippen MR) is 75.2 cm³/mol. The van der Waals surface area contributed by atoms with Crippen LogP contribution in [0.5, 0.6) is 0 Å². The summed E-state index contributed by atoms with van der Waals surface area (Å²) in [7, 11) is 0. The number of halogens is 4. The van der Waals surface area contributed by atoms with Crippen molar-refractivity contribution in [2.24, 2.45) is 0 Å². The molecule has 3 N–H and O–H groups in total. The van der Waals surface area contributed by atoms with E-state index in [2.05, 4.69) is 5.32 Å². The van der Waals surface area contributed by atoms with Crippen molar-refractivity contribution in [2.75, 3.05) is 24.3 Å². The molecule has 21 heavy (non-hydrogen) atoms. The van der Waals surface area contributed by atoms with Crippen LogP contribution in [0.2, 0.25) is 5.02 Å². The summed E-state index contributed by atoms with van der Waals surface area (Å²) >= 11 is 5.72. The number of amides is 1. The van der Waals surface area contributed by atoms with Gasteiger partial charge < -0.3 is 15.8 Å². The summed E-state index contributed by atoms with van der Waals surface area (Å²) in [4.78, 5) is 11.6. The first-order valence-corrected chi connectivity index (χ1v) is 6.65. The Morgan fingerprint density at radius 2 is 2.05 bits per heavy atom. The van der Waals surface area contributed by atoms with Crippen molar-refractivity contribution in [2.45, 2.75) is 25.4 Å². The van der Waals surface area contributed by atoms with E-state index >= 15 is 0 Å². The molecule has 1 rings (SSSR count). The number of hydrogen-bond donors (Lipinski definition) is 2. The summed E-state index contributed by atoms with van der Waals surface area (Å²) in [5, 5.41) is 3.03. The Morgan fingerprint density at radius 3 is 2.67 bits per heavy atom. The zero-order chi connectivity index (χ0) is 15.9. The first-order valence-electron chi connectivity index (χ1n) is 6.27. The number of benzene rings is 1. The number of ether oxygens (including phenoxy) is 1. The van der Waals surface area contributed by atoms with Gasteiger partial charge in [-0.05, 0) is 24.6 Å². The molecule has 0 aliphatic rings. The summed E-state index contributed by atoms with van der Waals surface area (Å²) in [5.74, 6) is -0.333. The molecule has 4 nitrogen and oxygen atoms in total. The molecule has 0 unspecified atom stereocenters. The first kappa shape index (κ1) is 17.6. The Hall–Kier alpha value is -1.47. The predicted octanol–water partition coefficient (Wildman–Crippen LogP) is 3.61. The molecule has 1 aromatic carbocycles. The number of nitrogens with two attached hydrogens (primary N) is 1. The molecule has 0 saturated carbocycles. The van der Waals surface area contributed by atoms with Crippen LogP contribution in [0.15, 0.2) is 18.2 Å². The van der Waals surface area contributed by atoms with Gasteiger partial charge in [0, 0.05) is 18.1 Å². The maximum absolute atomic E-state index is 11.9. The van der Waals surface area contributed by atoms with Gasteiger partial charge in [-0.2, -0.15) is 13.2 Å². The summed E-state index contributed by atoms with van der Waals surface area (Å²) in [6.45, 7) is 0.0209. The number of nitrogen functional groups attached to an aromatic ring is 1. The number of alkyl halides is 3. The van der Waals surface area contributed by atoms with Crippen LogP contribution in [0.1, 0.15) is 19.3 Å². The Bertz CT molecular complexity index is 481. The van der Waals surface area contributed by atoms with E-state index < -0.39 is 12.6 Å². The smallest absolute Gasteiger partial charge is 0.389 e. The van der Waals surface area contributed by atoms with Crippen molar-refractivity contribution in [3.63, 3.8) is 0 Å². The third-order valence-corrected chi connectivity index (χ3v) is 2.75. The van der Waals surface area contributed by atoms with Gasteiger partial charge in [-0.15, -0.1) is 0 Å². The van der Waals surface area contributed by atoms with Gasteiger partial charge in [-0.25, -0.2) is 0 Å². The second-order valence-corrected chi connectivity index (χ2v) is 4.80. The largest absolute Gasteiger partial charge is 0.397 e. The van der Waals surface area contributed by atoms with Gasteiger partial charge in [-0.1, -0.05) is 11.6 Å². The highest BCUT2D eigenvalue weighted by Crippen LogP contribution is 2.23. The van der Waals surface area contributed by atoms with Gasteiger partial charge in [-0.3, -0.25) is 4.79 Å². The fraction of sp³-hybridized carbons (Fsp3) is 0.462. The van der Waals surface area contributed by atoms with Crippen LogP contribution in [0.3, 0.4) is 0 Å². The lowest BCUT2D eigenvalue weighted by Crippen LogP contribution is -2.16. The normalized spacial score (nSPS) is 11.4. The third-order valence-electron chi connectivity index (χ3n) is 2.51. The van der Waals surface area contributed by atoms with Gasteiger partial charge in [0.1, 0.15) is 0 Å². The summed E-state index contributed by atoms with van der Waals surface area (Å²) in [6.07, 6.45) is -5.14. The Kier molecular flexibility index (Phi) is 6.77. The third kappa shape index (κ3) is 7.77. The molecule has 1 amide bonds. The van der Waals surface area contributed by atoms with Crippen LogP contribution in [-0.2, 0) is 9.53 Å². The number of hydrogen-bond acceptors (Lipinski definition) is 3. The molecule has 0 spiro atoms. The second kappa shape index (κ2) is 8.09. The van der Waals surface area contributed by atoms with Crippen LogP contribution in [0.25, 0.3) is 0 Å². The highest BCUT2D eigenvalue weighted by atomic mass is 35.5. The first-order chi connectivity index (χ1) is 9.78. The maximum atomic E-state index is 11.9. The molecule has 0 aliphatic carbocycles. The van der Waals surface area contributed by atoms with E-state index in [-0.39, 0.29) is 32.0 Å². The fourth-order valence-corrected chi connectivity index (χ4v) is 1.68. The SMILES string of the molecule is Nc1cc(Cl)ccc1NC(=O)CCOCCCC(F)(F)F. The lowest BCUT2D eigenvalue weighted by atomic mass is 10.2. The monoisotopic (exact) mass is 324 g/mol. The number of nitrogens with one attached hydrogen (secondary N) is 1. The molecule has 0 fully saturated rings. The van der Waals surface area contributed by atoms with Gasteiger partial charge in [0.05, 0.1) is 24.4 Å². The van der Waals surface area contributed by atoms with E-state index in [0.717, 1.165) is 0 Å². The van der Waals surface area contributed by atoms with Crippen LogP contribution in [0, 0.1) is 0 Å². The number of anilines is 2. The molecule has 118 valence electrons. The minimum absolute atomic E-state index is 0.0319. The standard InChI is InChI=1S/C13H16ClF3N2O2/c14-9-2-3-11(10(18)8-9)19-12(20)4-7-21-6-1-5-13(15,16)17/h2-3,8H,1,4-7,18H2,(H,19,20). The summed E-state index contributed by atoms with van der Waals surface area (Å²) < 4.78 is 40.6. The molecule has 0 bridgehead atoms. The molecule has 0 heterocycles. The van der Waals surface area contributed by atoms with Gasteiger partial charge >= 0.3 is 6.18 Å². The lowest BCUT2D eigenvalue weighted by molar-refractivity contribution is -0.138. The average molecular weight is 325 g/mol. The van der Waals surface area contributed by atoms with Gasteiger partial charge in [0.15, 0.2) is 0 Å². The van der Waals surface area contributed by atoms with Crippen molar-refractivity contribution in [3.05, 3.63) is 23.2 Å². The Morgan fingerprint density at radius 1 is 1.33 bits per heavy atom. The number of carbonyl (C=O) groups is 1. The van der Waals surface area contributed by atoms with Crippen LogP contribution >= 0.6 is 11.6 Å². The van der Waals surface area contributed by atoms with Crippen LogP contribution < -0.4 is 11.1 Å². The topological polar surface area (TPSA) is 64.3 Å². The molecular weight excluding hydrogens is 309 g/mol. The zero-order valence-corrected chi connectivity index (χ0v) is 11.9. The van der Waals surface area contributed by atoms with E-state index in [4.69, 9.17) is 22.1 Å². The summed E-state index contributed by atoms with van der Waals surface area (Å²) in [6, 6.07) is 4.66. The average Bonchev–Trinajstić information content (AvgIpc) is 2.36. The molecule has 0 radical (unpaired) electrons. The van der Waals surface area contributed by atoms with E-state index in [9.17, 15) is 18.0 Å². The molecule has 0 atom stereocenters. The van der Waals surface area contributed by atoms with Crippen molar-refractivity contribution in [1.82, 2.24) is 0 Å². The minimum atomic E-state index is -4.17. The minimum Gasteiger partial charge on any atom is -0.397 e. The van der Waals surface area contributed by atoms with Crippen molar-refractivity contribution in [3.8, 4) is 0 Å². The highest BCUT2D eigenvalue weighted by Gasteiger charge is 2.25. The second-order valence-electron chi connectivity index (χ2n) is 4.36. The fourth-order valence-electron chi connectivity index (χ4n) is 1.50. The van der Waals surface area contributed by atoms with Gasteiger partial charge in [0.25, 0.3) is 0 Å². The van der Waals surface area contributed by atoms with E-state index in [1.165, 1.54) is 6.07 Å². The van der Waals surface area contributed by atoms with Crippen LogP contribution in [-0.4, -0.2) is 25.3 Å². The quantitative estimate of drug-likeness (QED) is 0.595. The van der Waals surface area contributed by atoms with Crippen molar-refractivity contribution in [1.29, 1.82) is 0 Å². The van der Waals surface area contributed by atoms with Crippen molar-refractivity contribution >= 4 is 28.9 Å². The molecule has 0 aliphatic heterocycles. The molecule has 0 saturated heterocycles. The molecular formula is C13H16ClF3N2O2. The van der Waals surface area contributed by atoms with Gasteiger partial charge in [0.2, 0.25) is 5.91 Å². The molecule has 0 aromatic heterocycles. The summed E-state index contributed by atoms with van der Waals surface area (Å²) in [5.41, 5.74) is 6.43. The molecule has 1 aromatic rings. The number of rotatable bonds is 7. The van der Waals surface area contributed by atoms with E-state index in [1.807, 2.05) is 0 Å². The Labute approximate surface area is 125 Å².